The van der Waals surface area contributed by atoms with Crippen molar-refractivity contribution < 1.29 is 114 Å². The number of carbonyl (C=O) groups excluding carboxylic acids is 11. The van der Waals surface area contributed by atoms with Gasteiger partial charge >= 0.3 is 48.0 Å². The minimum absolute atomic E-state index is 0.000444. The van der Waals surface area contributed by atoms with E-state index in [0.717, 1.165) is 39.2 Å². The van der Waals surface area contributed by atoms with E-state index < -0.39 is 108 Å². The van der Waals surface area contributed by atoms with Crippen molar-refractivity contribution in [3.05, 3.63) is 159 Å². The number of ether oxygens (including phenoxy) is 6. The van der Waals surface area contributed by atoms with E-state index in [2.05, 4.69) is 39.9 Å². The zero-order valence-electron chi connectivity index (χ0n) is 67.5. The Hall–Kier alpha value is -14.4. The van der Waals surface area contributed by atoms with Gasteiger partial charge in [-0.2, -0.15) is 0 Å². The minimum atomic E-state index is -1.15. The molecule has 4 fully saturated rings. The van der Waals surface area contributed by atoms with Crippen LogP contribution in [0.25, 0.3) is 0 Å². The number of amides is 12. The zero-order valence-corrected chi connectivity index (χ0v) is 69.8. The maximum atomic E-state index is 15.0. The lowest BCUT2D eigenvalue weighted by Crippen LogP contribution is -2.36. The highest BCUT2D eigenvalue weighted by molar-refractivity contribution is 6.39. The van der Waals surface area contributed by atoms with E-state index in [0.29, 0.717) is 0 Å². The summed E-state index contributed by atoms with van der Waals surface area (Å²) in [6.07, 6.45) is 4.66. The van der Waals surface area contributed by atoms with E-state index in [1.165, 1.54) is 118 Å². The highest BCUT2D eigenvalue weighted by atomic mass is 35.5. The molecule has 12 amide bonds. The first-order chi connectivity index (χ1) is 60.9. The van der Waals surface area contributed by atoms with E-state index >= 15 is 13.2 Å². The fourth-order valence-corrected chi connectivity index (χ4v) is 14.6. The minimum Gasteiger partial charge on any atom is -0.480 e. The molecule has 15 rings (SSSR count). The van der Waals surface area contributed by atoms with Crippen LogP contribution in [-0.4, -0.2) is 292 Å². The molecule has 49 heteroatoms. The molecule has 0 spiro atoms. The van der Waals surface area contributed by atoms with Gasteiger partial charge in [-0.1, -0.05) is 34.8 Å². The summed E-state index contributed by atoms with van der Waals surface area (Å²) in [6.45, 7) is 6.36. The van der Waals surface area contributed by atoms with Crippen LogP contribution in [0, 0.1) is 23.3 Å². The van der Waals surface area contributed by atoms with Crippen LogP contribution < -0.4 is 64.9 Å². The van der Waals surface area contributed by atoms with Gasteiger partial charge in [-0.15, -0.1) is 0 Å². The van der Waals surface area contributed by atoms with Crippen LogP contribution >= 0.6 is 34.8 Å². The Kier molecular flexibility index (Phi) is 29.6. The third kappa shape index (κ3) is 20.5. The molecular weight excluding hydrogens is 1750 g/mol. The van der Waals surface area contributed by atoms with Crippen molar-refractivity contribution in [3.63, 3.8) is 0 Å². The third-order valence-corrected chi connectivity index (χ3v) is 20.6. The molecule has 0 radical (unpaired) electrons. The number of fused-ring (bicyclic) bond motifs is 3. The Labute approximate surface area is 732 Å². The number of hydrogen-bond acceptors (Lipinski definition) is 29. The van der Waals surface area contributed by atoms with Gasteiger partial charge in [0.2, 0.25) is 17.6 Å². The number of carbonyl (C=O) groups is 12. The number of aromatic nitrogens is 8. The van der Waals surface area contributed by atoms with Gasteiger partial charge in [-0.3, -0.25) is 58.0 Å². The molecular formula is C78H77Cl3F4N22O20. The van der Waals surface area contributed by atoms with Crippen molar-refractivity contribution >= 4 is 164 Å². The van der Waals surface area contributed by atoms with Crippen molar-refractivity contribution in [2.75, 3.05) is 202 Å². The van der Waals surface area contributed by atoms with Crippen molar-refractivity contribution in [2.24, 2.45) is 0 Å². The van der Waals surface area contributed by atoms with Crippen LogP contribution in [0.5, 0.6) is 17.6 Å². The number of aliphatic hydroxyl groups is 1. The molecule has 0 atom stereocenters. The molecule has 0 aliphatic carbocycles. The Morgan fingerprint density at radius 2 is 0.732 bits per heavy atom. The van der Waals surface area contributed by atoms with Gasteiger partial charge in [0.15, 0.2) is 0 Å². The summed E-state index contributed by atoms with van der Waals surface area (Å²) in [5, 5.41) is 17.8. The maximum absolute atomic E-state index is 15.0. The second-order valence-corrected chi connectivity index (χ2v) is 28.5. The lowest BCUT2D eigenvalue weighted by Gasteiger charge is -2.24. The summed E-state index contributed by atoms with van der Waals surface area (Å²) < 4.78 is 90.9. The molecule has 127 heavy (non-hydrogen) atoms. The summed E-state index contributed by atoms with van der Waals surface area (Å²) in [5.74, 6) is -7.81. The van der Waals surface area contributed by atoms with E-state index in [1.807, 2.05) is 0 Å². The molecule has 0 unspecified atom stereocenters. The summed E-state index contributed by atoms with van der Waals surface area (Å²) in [6, 6.07) is 13.9. The Balaban J connectivity index is 0.000000154. The molecule has 7 aliphatic rings. The number of benzene rings is 4. The number of urea groups is 4. The molecule has 6 N–H and O–H groups in total. The van der Waals surface area contributed by atoms with Gasteiger partial charge in [0.25, 0.3) is 23.6 Å². The van der Waals surface area contributed by atoms with Crippen molar-refractivity contribution in [1.82, 2.24) is 59.5 Å². The van der Waals surface area contributed by atoms with Gasteiger partial charge in [-0.05, 0) is 93.6 Å². The molecule has 4 aromatic carbocycles. The van der Waals surface area contributed by atoms with Crippen molar-refractivity contribution in [3.8, 4) is 17.6 Å². The summed E-state index contributed by atoms with van der Waals surface area (Å²) in [5.41, 5.74) is 12.4. The van der Waals surface area contributed by atoms with Crippen LogP contribution in [-0.2, 0) is 33.4 Å². The smallest absolute Gasteiger partial charge is 0.325 e. The van der Waals surface area contributed by atoms with Crippen LogP contribution in [0.4, 0.5) is 93.9 Å². The SMILES string of the molecule is CCOC(=O)CN1CCN(c2ccc(N(CCO)C(=O)c3c(Cl)ncnc3Cl)cc2F)C1=O.CCOC(=O)CN1CCN(c2ccc(N3CCOc4ncnc(Cl)c4C3=O)cc2F)C1=O.CCOC(=O)CN1CCN(c2ccc(N3CCOc4ncnc(N)c4C3=O)cc2F)C1=O.Nc1ncnc2c1C(=O)N(c1ccc(N3CCN(CC(=O)O)C3=O)c(F)c1)CCO2. The van der Waals surface area contributed by atoms with Crippen molar-refractivity contribution in [1.29, 1.82) is 0 Å². The molecule has 4 aromatic heterocycles. The number of anilines is 10. The van der Waals surface area contributed by atoms with Crippen molar-refractivity contribution in [2.45, 2.75) is 20.8 Å². The quantitative estimate of drug-likeness (QED) is 0.0258. The number of nitrogen functional groups attached to an aromatic ring is 2. The first-order valence-corrected chi connectivity index (χ1v) is 39.9. The highest BCUT2D eigenvalue weighted by Crippen LogP contribution is 2.38. The standard InChI is InChI=1S/C20H20Cl2FN5O5.C20H19ClFN5O5.C20H21FN6O5.C18H17FN6O5/c1-2-33-15(30)10-26-5-6-28(20(26)32)14-4-3-12(9-13(14)23)27(7-8-29)19(31)16-17(21)24-11-25-18(16)22;1-2-31-15(28)10-25-5-6-27(20(25)30)14-4-3-12(9-13(14)22)26-7-8-32-18-16(19(26)29)17(21)23-11-24-18;1-2-31-15(28)10-25-5-6-27(20(25)30)14-4-3-12(9-13(14)21)26-7-8-32-18-16(19(26)29)17(22)23-11-24-18;19-11-7-10(1-2-12(11)25-4-3-23(18(25)29)8-13(26)27)24-5-6-30-16-14(17(24)28)15(20)21-9-22-16/h3-4,9,11,29H,2,5-8,10H2,1H3;3-4,9,11H,2,5-8,10H2,1H3;3-4,9,11H,2,5-8,10H2,1H3,(H2,22,23,24);1-2,7,9H,3-6,8H2,(H,26,27)(H2,20,21,22). The lowest BCUT2D eigenvalue weighted by molar-refractivity contribution is -0.144. The zero-order chi connectivity index (χ0) is 91.2. The van der Waals surface area contributed by atoms with Crippen LogP contribution in [0.15, 0.2) is 98.1 Å². The number of aliphatic hydroxyl groups excluding tert-OH is 1. The highest BCUT2D eigenvalue weighted by Gasteiger charge is 2.40. The second-order valence-electron chi connectivity index (χ2n) is 27.4. The molecule has 0 saturated carbocycles. The normalized spacial score (nSPS) is 15.4. The average Bonchev–Trinajstić information content (AvgIpc) is 1.67. The number of nitrogens with zero attached hydrogens (tertiary/aromatic N) is 20. The lowest BCUT2D eigenvalue weighted by atomic mass is 10.2. The van der Waals surface area contributed by atoms with E-state index in [9.17, 15) is 67.0 Å². The van der Waals surface area contributed by atoms with Gasteiger partial charge in [0, 0.05) is 81.7 Å². The van der Waals surface area contributed by atoms with E-state index in [1.54, 1.807) is 20.8 Å². The predicted molar refractivity (Wildman–Crippen MR) is 443 cm³/mol. The van der Waals surface area contributed by atoms with Gasteiger partial charge < -0.3 is 89.3 Å². The van der Waals surface area contributed by atoms with Gasteiger partial charge in [0.05, 0.1) is 68.8 Å². The Morgan fingerprint density at radius 3 is 1.07 bits per heavy atom. The summed E-state index contributed by atoms with van der Waals surface area (Å²) >= 11 is 18.0. The molecule has 8 aromatic rings. The van der Waals surface area contributed by atoms with E-state index in [4.69, 9.17) is 79.8 Å². The molecule has 7 aliphatic heterocycles. The average molecular weight is 1820 g/mol. The number of carboxylic acid groups (broad SMARTS) is 1. The van der Waals surface area contributed by atoms with Crippen LogP contribution in [0.2, 0.25) is 15.5 Å². The van der Waals surface area contributed by atoms with E-state index in [-0.39, 0.29) is 250 Å². The number of halogens is 7. The number of rotatable bonds is 22. The molecule has 0 bridgehead atoms. The fourth-order valence-electron chi connectivity index (χ4n) is 13.9. The Morgan fingerprint density at radius 1 is 0.417 bits per heavy atom. The third-order valence-electron chi connectivity index (χ3n) is 19.7. The maximum Gasteiger partial charge on any atom is 0.325 e. The topological polar surface area (TPSA) is 495 Å². The monoisotopic (exact) mass is 1820 g/mol. The number of carboxylic acids is 1. The predicted octanol–water partition coefficient (Wildman–Crippen LogP) is 6.09. The summed E-state index contributed by atoms with van der Waals surface area (Å²) in [7, 11) is 0. The fraction of sp³-hybridized carbons (Fsp3) is 0.333. The number of aliphatic carboxylic acids is 1. The largest absolute Gasteiger partial charge is 0.480 e. The molecule has 4 saturated heterocycles. The van der Waals surface area contributed by atoms with Gasteiger partial charge in [-0.25, -0.2) is 76.6 Å². The number of nitrogens with two attached hydrogens (primary N) is 2. The first-order valence-electron chi connectivity index (χ1n) is 38.7. The molecule has 11 heterocycles. The second kappa shape index (κ2) is 40.9. The Bertz CT molecular complexity index is 5440. The first kappa shape index (κ1) is 91.8. The number of esters is 3. The van der Waals surface area contributed by atoms with Crippen LogP contribution in [0.3, 0.4) is 0 Å². The number of hydrogen-bond donors (Lipinski definition) is 4. The summed E-state index contributed by atoms with van der Waals surface area (Å²) in [4.78, 5) is 194. The van der Waals surface area contributed by atoms with Gasteiger partial charge in [0.1, 0.15) is 144 Å². The van der Waals surface area contributed by atoms with Crippen LogP contribution in [0.1, 0.15) is 62.2 Å². The molecule has 42 nitrogen and oxygen atoms in total. The molecule has 668 valence electrons.